The molecular formula is C30H36ClN3O4S. The summed E-state index contributed by atoms with van der Waals surface area (Å²) in [5, 5.41) is 3.29. The van der Waals surface area contributed by atoms with Gasteiger partial charge in [0.05, 0.1) is 10.6 Å². The highest BCUT2D eigenvalue weighted by Crippen LogP contribution is 2.27. The summed E-state index contributed by atoms with van der Waals surface area (Å²) in [6, 6.07) is 19.7. The van der Waals surface area contributed by atoms with E-state index < -0.39 is 28.5 Å². The van der Waals surface area contributed by atoms with E-state index in [-0.39, 0.29) is 17.3 Å². The van der Waals surface area contributed by atoms with Gasteiger partial charge in [-0.15, -0.1) is 0 Å². The van der Waals surface area contributed by atoms with Crippen molar-refractivity contribution in [3.8, 4) is 0 Å². The third kappa shape index (κ3) is 7.61. The first-order valence-corrected chi connectivity index (χ1v) is 14.9. The van der Waals surface area contributed by atoms with Crippen molar-refractivity contribution in [2.45, 2.75) is 58.0 Å². The average molecular weight is 570 g/mol. The SMILES string of the molecule is CCCNC(=O)[C@H](CC)N(Cc1ccccc1)C(=O)CN(c1ccc(C)c(C)c1)S(=O)(=O)c1ccc(Cl)cc1. The van der Waals surface area contributed by atoms with Crippen LogP contribution >= 0.6 is 11.6 Å². The van der Waals surface area contributed by atoms with E-state index >= 15 is 0 Å². The lowest BCUT2D eigenvalue weighted by Crippen LogP contribution is -2.52. The number of halogens is 1. The number of aryl methyl sites for hydroxylation is 2. The van der Waals surface area contributed by atoms with Crippen molar-refractivity contribution in [1.29, 1.82) is 0 Å². The summed E-state index contributed by atoms with van der Waals surface area (Å²) in [4.78, 5) is 28.6. The van der Waals surface area contributed by atoms with Gasteiger partial charge in [0.2, 0.25) is 11.8 Å². The van der Waals surface area contributed by atoms with Crippen LogP contribution in [0.2, 0.25) is 5.02 Å². The molecule has 3 aromatic rings. The first-order chi connectivity index (χ1) is 18.6. The van der Waals surface area contributed by atoms with Gasteiger partial charge in [0, 0.05) is 18.1 Å². The third-order valence-corrected chi connectivity index (χ3v) is 8.63. The molecule has 1 N–H and O–H groups in total. The first kappa shape index (κ1) is 30.2. The number of hydrogen-bond acceptors (Lipinski definition) is 4. The van der Waals surface area contributed by atoms with E-state index in [0.717, 1.165) is 27.4 Å². The zero-order valence-corrected chi connectivity index (χ0v) is 24.4. The van der Waals surface area contributed by atoms with Gasteiger partial charge < -0.3 is 10.2 Å². The molecule has 39 heavy (non-hydrogen) atoms. The number of rotatable bonds is 12. The molecule has 0 aromatic heterocycles. The van der Waals surface area contributed by atoms with Crippen molar-refractivity contribution in [2.24, 2.45) is 0 Å². The topological polar surface area (TPSA) is 86.8 Å². The lowest BCUT2D eigenvalue weighted by molar-refractivity contribution is -0.140. The van der Waals surface area contributed by atoms with E-state index in [4.69, 9.17) is 11.6 Å². The number of sulfonamides is 1. The monoisotopic (exact) mass is 569 g/mol. The number of amides is 2. The molecular weight excluding hydrogens is 534 g/mol. The maximum absolute atomic E-state index is 14.0. The van der Waals surface area contributed by atoms with Crippen molar-refractivity contribution >= 4 is 39.1 Å². The first-order valence-electron chi connectivity index (χ1n) is 13.0. The van der Waals surface area contributed by atoms with E-state index in [0.29, 0.717) is 23.7 Å². The lowest BCUT2D eigenvalue weighted by Gasteiger charge is -2.33. The largest absolute Gasteiger partial charge is 0.354 e. The van der Waals surface area contributed by atoms with Gasteiger partial charge in [0.25, 0.3) is 10.0 Å². The Labute approximate surface area is 236 Å². The number of carbonyl (C=O) groups is 2. The fourth-order valence-corrected chi connectivity index (χ4v) is 5.74. The molecule has 0 spiro atoms. The smallest absolute Gasteiger partial charge is 0.264 e. The summed E-state index contributed by atoms with van der Waals surface area (Å²) in [6.07, 6.45) is 1.14. The normalized spacial score (nSPS) is 12.0. The number of anilines is 1. The number of nitrogens with zero attached hydrogens (tertiary/aromatic N) is 2. The predicted molar refractivity (Wildman–Crippen MR) is 156 cm³/mol. The molecule has 0 saturated heterocycles. The Bertz CT molecular complexity index is 1380. The second-order valence-electron chi connectivity index (χ2n) is 9.46. The molecule has 0 aliphatic rings. The van der Waals surface area contributed by atoms with Crippen LogP contribution in [0.1, 0.15) is 43.4 Å². The molecule has 0 saturated carbocycles. The third-order valence-electron chi connectivity index (χ3n) is 6.59. The van der Waals surface area contributed by atoms with Crippen molar-refractivity contribution in [1.82, 2.24) is 10.2 Å². The Morgan fingerprint density at radius 2 is 1.59 bits per heavy atom. The summed E-state index contributed by atoms with van der Waals surface area (Å²) >= 11 is 6.01. The van der Waals surface area contributed by atoms with Crippen LogP contribution in [0.5, 0.6) is 0 Å². The number of hydrogen-bond donors (Lipinski definition) is 1. The summed E-state index contributed by atoms with van der Waals surface area (Å²) in [5.74, 6) is -0.741. The number of benzene rings is 3. The zero-order chi connectivity index (χ0) is 28.6. The van der Waals surface area contributed by atoms with E-state index in [9.17, 15) is 18.0 Å². The highest BCUT2D eigenvalue weighted by molar-refractivity contribution is 7.92. The maximum Gasteiger partial charge on any atom is 0.264 e. The lowest BCUT2D eigenvalue weighted by atomic mass is 10.1. The van der Waals surface area contributed by atoms with Crippen LogP contribution in [0, 0.1) is 13.8 Å². The van der Waals surface area contributed by atoms with Crippen molar-refractivity contribution in [3.05, 3.63) is 94.5 Å². The van der Waals surface area contributed by atoms with Crippen LogP contribution < -0.4 is 9.62 Å². The molecule has 7 nitrogen and oxygen atoms in total. The van der Waals surface area contributed by atoms with Gasteiger partial charge in [0.1, 0.15) is 12.6 Å². The summed E-state index contributed by atoms with van der Waals surface area (Å²) in [6.45, 7) is 7.80. The molecule has 9 heteroatoms. The van der Waals surface area contributed by atoms with Gasteiger partial charge in [-0.2, -0.15) is 0 Å². The Morgan fingerprint density at radius 3 is 2.18 bits per heavy atom. The molecule has 0 unspecified atom stereocenters. The molecule has 208 valence electrons. The molecule has 3 rings (SSSR count). The van der Waals surface area contributed by atoms with Crippen molar-refractivity contribution < 1.29 is 18.0 Å². The van der Waals surface area contributed by atoms with Gasteiger partial charge in [-0.1, -0.05) is 61.8 Å². The molecule has 0 aliphatic carbocycles. The molecule has 3 aromatic carbocycles. The van der Waals surface area contributed by atoms with E-state index in [1.54, 1.807) is 12.1 Å². The summed E-state index contributed by atoms with van der Waals surface area (Å²) in [7, 11) is -4.14. The Kier molecular flexibility index (Phi) is 10.5. The maximum atomic E-state index is 14.0. The fourth-order valence-electron chi connectivity index (χ4n) is 4.21. The quantitative estimate of drug-likeness (QED) is 0.313. The van der Waals surface area contributed by atoms with Gasteiger partial charge in [-0.25, -0.2) is 8.42 Å². The van der Waals surface area contributed by atoms with Gasteiger partial charge in [-0.3, -0.25) is 13.9 Å². The van der Waals surface area contributed by atoms with E-state index in [2.05, 4.69) is 5.32 Å². The molecule has 0 heterocycles. The summed E-state index contributed by atoms with van der Waals surface area (Å²) < 4.78 is 28.9. The van der Waals surface area contributed by atoms with Crippen LogP contribution in [-0.4, -0.2) is 44.3 Å². The summed E-state index contributed by atoms with van der Waals surface area (Å²) in [5.41, 5.74) is 3.09. The molecule has 2 amide bonds. The highest BCUT2D eigenvalue weighted by atomic mass is 35.5. The zero-order valence-electron chi connectivity index (χ0n) is 22.9. The second-order valence-corrected chi connectivity index (χ2v) is 11.8. The highest BCUT2D eigenvalue weighted by Gasteiger charge is 2.33. The van der Waals surface area contributed by atoms with Gasteiger partial charge in [-0.05, 0) is 79.8 Å². The Hall–Kier alpha value is -3.36. The average Bonchev–Trinajstić information content (AvgIpc) is 2.92. The molecule has 0 fully saturated rings. The Morgan fingerprint density at radius 1 is 0.923 bits per heavy atom. The van der Waals surface area contributed by atoms with E-state index in [1.807, 2.05) is 64.1 Å². The van der Waals surface area contributed by atoms with Crippen LogP contribution in [-0.2, 0) is 26.2 Å². The van der Waals surface area contributed by atoms with Crippen LogP contribution in [0.25, 0.3) is 0 Å². The molecule has 0 aliphatic heterocycles. The minimum Gasteiger partial charge on any atom is -0.354 e. The number of nitrogens with one attached hydrogen (secondary N) is 1. The Balaban J connectivity index is 2.06. The molecule has 0 radical (unpaired) electrons. The minimum absolute atomic E-state index is 0.0141. The van der Waals surface area contributed by atoms with Gasteiger partial charge >= 0.3 is 0 Å². The standard InChI is InChI=1S/C30H36ClN3O4S/c1-5-18-32-30(36)28(6-2)33(20-24-10-8-7-9-11-24)29(35)21-34(26-15-12-22(3)23(4)19-26)39(37,38)27-16-13-25(31)14-17-27/h7-17,19,28H,5-6,18,20-21H2,1-4H3,(H,32,36)/t28-/m0/s1. The van der Waals surface area contributed by atoms with E-state index in [1.165, 1.54) is 29.2 Å². The second kappa shape index (κ2) is 13.6. The van der Waals surface area contributed by atoms with Crippen LogP contribution in [0.4, 0.5) is 5.69 Å². The van der Waals surface area contributed by atoms with Gasteiger partial charge in [0.15, 0.2) is 0 Å². The van der Waals surface area contributed by atoms with Crippen molar-refractivity contribution in [3.63, 3.8) is 0 Å². The van der Waals surface area contributed by atoms with Crippen molar-refractivity contribution in [2.75, 3.05) is 17.4 Å². The number of carbonyl (C=O) groups excluding carboxylic acids is 2. The minimum atomic E-state index is -4.14. The fraction of sp³-hybridized carbons (Fsp3) is 0.333. The van der Waals surface area contributed by atoms with Crippen LogP contribution in [0.3, 0.4) is 0 Å². The molecule has 0 bridgehead atoms. The van der Waals surface area contributed by atoms with Crippen LogP contribution in [0.15, 0.2) is 77.7 Å². The predicted octanol–water partition coefficient (Wildman–Crippen LogP) is 5.49. The molecule has 1 atom stereocenters.